The van der Waals surface area contributed by atoms with E-state index in [4.69, 9.17) is 0 Å². The second-order valence-electron chi connectivity index (χ2n) is 8.53. The van der Waals surface area contributed by atoms with E-state index in [1.807, 2.05) is 0 Å². The van der Waals surface area contributed by atoms with E-state index in [1.54, 1.807) is 0 Å². The number of amides is 1. The summed E-state index contributed by atoms with van der Waals surface area (Å²) in [7, 11) is 2.09. The van der Waals surface area contributed by atoms with Gasteiger partial charge in [-0.2, -0.15) is 0 Å². The minimum Gasteiger partial charge on any atom is -0.328 e. The fraction of sp³-hybridized carbons (Fsp3) is 0.480. The quantitative estimate of drug-likeness (QED) is 0.627. The van der Waals surface area contributed by atoms with Gasteiger partial charge >= 0.3 is 0 Å². The summed E-state index contributed by atoms with van der Waals surface area (Å²) in [5.74, 6) is 0.345. The van der Waals surface area contributed by atoms with Gasteiger partial charge in [-0.1, -0.05) is 67.6 Å². The number of benzene rings is 2. The summed E-state index contributed by atoms with van der Waals surface area (Å²) in [5, 5.41) is 0. The summed E-state index contributed by atoms with van der Waals surface area (Å²) in [6.45, 7) is 4.81. The van der Waals surface area contributed by atoms with Crippen molar-refractivity contribution in [2.45, 2.75) is 45.4 Å². The lowest BCUT2D eigenvalue weighted by molar-refractivity contribution is -0.141. The molecule has 0 spiro atoms. The molecule has 0 aromatic heterocycles. The summed E-state index contributed by atoms with van der Waals surface area (Å²) in [6.07, 6.45) is 6.11. The Labute approximate surface area is 170 Å². The van der Waals surface area contributed by atoms with Gasteiger partial charge in [0.1, 0.15) is 0 Å². The smallest absolute Gasteiger partial charge is 0.229 e. The zero-order valence-electron chi connectivity index (χ0n) is 17.4. The van der Waals surface area contributed by atoms with Gasteiger partial charge < -0.3 is 4.90 Å². The van der Waals surface area contributed by atoms with E-state index in [0.717, 1.165) is 58.3 Å². The van der Waals surface area contributed by atoms with Crippen molar-refractivity contribution >= 4 is 5.91 Å². The van der Waals surface area contributed by atoms with Gasteiger partial charge in [0.2, 0.25) is 5.91 Å². The zero-order valence-corrected chi connectivity index (χ0v) is 17.4. The Bertz CT molecular complexity index is 683. The number of hydrogen-bond donors (Lipinski definition) is 0. The average Bonchev–Trinajstić information content (AvgIpc) is 3.15. The van der Waals surface area contributed by atoms with Crippen molar-refractivity contribution in [1.82, 2.24) is 9.80 Å². The molecule has 1 fully saturated rings. The molecule has 0 radical (unpaired) electrons. The van der Waals surface area contributed by atoms with Crippen LogP contribution in [-0.4, -0.2) is 42.5 Å². The molecule has 28 heavy (non-hydrogen) atoms. The van der Waals surface area contributed by atoms with Crippen LogP contribution in [0.1, 0.15) is 43.7 Å². The van der Waals surface area contributed by atoms with Gasteiger partial charge in [-0.3, -0.25) is 9.69 Å². The first-order chi connectivity index (χ1) is 13.6. The molecule has 0 saturated carbocycles. The largest absolute Gasteiger partial charge is 0.328 e. The molecule has 0 unspecified atom stereocenters. The van der Waals surface area contributed by atoms with Crippen molar-refractivity contribution in [2.24, 2.45) is 5.41 Å². The molecule has 0 aliphatic carbocycles. The molecule has 1 amide bonds. The maximum absolute atomic E-state index is 13.4. The Morgan fingerprint density at radius 3 is 1.79 bits per heavy atom. The Hall–Kier alpha value is -2.13. The third-order valence-electron chi connectivity index (χ3n) is 6.04. The lowest BCUT2D eigenvalue weighted by Crippen LogP contribution is -2.42. The monoisotopic (exact) mass is 378 g/mol. The van der Waals surface area contributed by atoms with Crippen LogP contribution < -0.4 is 0 Å². The first-order valence-electron chi connectivity index (χ1n) is 10.6. The van der Waals surface area contributed by atoms with Crippen LogP contribution in [0.3, 0.4) is 0 Å². The van der Waals surface area contributed by atoms with Crippen molar-refractivity contribution in [1.29, 1.82) is 0 Å². The first kappa shape index (κ1) is 20.6. The molecule has 3 nitrogen and oxygen atoms in total. The van der Waals surface area contributed by atoms with Crippen LogP contribution >= 0.6 is 0 Å². The second kappa shape index (κ2) is 9.88. The number of rotatable bonds is 9. The van der Waals surface area contributed by atoms with E-state index >= 15 is 0 Å². The van der Waals surface area contributed by atoms with Gasteiger partial charge in [0.05, 0.1) is 6.67 Å². The normalized spacial score (nSPS) is 15.1. The van der Waals surface area contributed by atoms with Gasteiger partial charge in [-0.25, -0.2) is 0 Å². The molecule has 2 aromatic rings. The third kappa shape index (κ3) is 5.68. The fourth-order valence-electron chi connectivity index (χ4n) is 4.27. The van der Waals surface area contributed by atoms with Crippen molar-refractivity contribution < 1.29 is 4.79 Å². The van der Waals surface area contributed by atoms with Gasteiger partial charge in [-0.15, -0.1) is 0 Å². The third-order valence-corrected chi connectivity index (χ3v) is 6.04. The molecule has 0 N–H and O–H groups in total. The van der Waals surface area contributed by atoms with Crippen LogP contribution in [-0.2, 0) is 17.6 Å². The van der Waals surface area contributed by atoms with E-state index in [9.17, 15) is 4.79 Å². The summed E-state index contributed by atoms with van der Waals surface area (Å²) in [6, 6.07) is 21.2. The highest BCUT2D eigenvalue weighted by Crippen LogP contribution is 2.34. The van der Waals surface area contributed by atoms with Gasteiger partial charge in [0.15, 0.2) is 0 Å². The van der Waals surface area contributed by atoms with E-state index in [-0.39, 0.29) is 5.41 Å². The highest BCUT2D eigenvalue weighted by atomic mass is 16.2. The SMILES string of the molecule is CN1CCN(C(=O)C(C)(CCCc2ccccc2)CCCc2ccccc2)C1. The minimum atomic E-state index is -0.269. The molecule has 1 saturated heterocycles. The molecule has 1 heterocycles. The molecule has 150 valence electrons. The number of carbonyl (C=O) groups is 1. The van der Waals surface area contributed by atoms with Crippen molar-refractivity contribution in [2.75, 3.05) is 26.8 Å². The van der Waals surface area contributed by atoms with E-state index < -0.39 is 0 Å². The molecular weight excluding hydrogens is 344 g/mol. The topological polar surface area (TPSA) is 23.6 Å². The maximum atomic E-state index is 13.4. The molecule has 0 bridgehead atoms. The van der Waals surface area contributed by atoms with Crippen LogP contribution in [0.5, 0.6) is 0 Å². The van der Waals surface area contributed by atoms with Crippen LogP contribution in [0.4, 0.5) is 0 Å². The van der Waals surface area contributed by atoms with Crippen LogP contribution in [0.15, 0.2) is 60.7 Å². The predicted octanol–water partition coefficient (Wildman–Crippen LogP) is 4.77. The molecule has 1 aliphatic rings. The van der Waals surface area contributed by atoms with Crippen molar-refractivity contribution in [3.8, 4) is 0 Å². The fourth-order valence-corrected chi connectivity index (χ4v) is 4.27. The summed E-state index contributed by atoms with van der Waals surface area (Å²) in [5.41, 5.74) is 2.46. The van der Waals surface area contributed by atoms with Crippen LogP contribution in [0.25, 0.3) is 0 Å². The van der Waals surface area contributed by atoms with Crippen molar-refractivity contribution in [3.63, 3.8) is 0 Å². The second-order valence-corrected chi connectivity index (χ2v) is 8.53. The number of nitrogens with zero attached hydrogens (tertiary/aromatic N) is 2. The van der Waals surface area contributed by atoms with Crippen molar-refractivity contribution in [3.05, 3.63) is 71.8 Å². The Morgan fingerprint density at radius 2 is 1.36 bits per heavy atom. The van der Waals surface area contributed by atoms with Crippen LogP contribution in [0, 0.1) is 5.41 Å². The van der Waals surface area contributed by atoms with E-state index in [1.165, 1.54) is 11.1 Å². The van der Waals surface area contributed by atoms with Crippen LogP contribution in [0.2, 0.25) is 0 Å². The molecular formula is C25H34N2O. The minimum absolute atomic E-state index is 0.269. The molecule has 2 aromatic carbocycles. The average molecular weight is 379 g/mol. The number of carbonyl (C=O) groups excluding carboxylic acids is 1. The number of likely N-dealkylation sites (N-methyl/N-ethyl adjacent to an activating group) is 1. The van der Waals surface area contributed by atoms with Gasteiger partial charge in [-0.05, 0) is 56.7 Å². The standard InChI is InChI=1S/C25H34N2O/c1-25(24(28)27-20-19-26(2)21-27,17-9-15-22-11-5-3-6-12-22)18-10-16-23-13-7-4-8-14-23/h3-8,11-14H,9-10,15-21H2,1-2H3. The van der Waals surface area contributed by atoms with Gasteiger partial charge in [0, 0.05) is 18.5 Å². The molecule has 3 heteroatoms. The molecule has 0 atom stereocenters. The lowest BCUT2D eigenvalue weighted by Gasteiger charge is -2.33. The zero-order chi connectivity index (χ0) is 19.8. The summed E-state index contributed by atoms with van der Waals surface area (Å²) >= 11 is 0. The van der Waals surface area contributed by atoms with E-state index in [0.29, 0.717) is 5.91 Å². The Kier molecular flexibility index (Phi) is 7.27. The summed E-state index contributed by atoms with van der Waals surface area (Å²) in [4.78, 5) is 17.7. The predicted molar refractivity (Wildman–Crippen MR) is 116 cm³/mol. The molecule has 1 aliphatic heterocycles. The Balaban J connectivity index is 1.61. The maximum Gasteiger partial charge on any atom is 0.229 e. The van der Waals surface area contributed by atoms with E-state index in [2.05, 4.69) is 84.4 Å². The summed E-state index contributed by atoms with van der Waals surface area (Å²) < 4.78 is 0. The number of aryl methyl sites for hydroxylation is 2. The lowest BCUT2D eigenvalue weighted by atomic mass is 9.78. The highest BCUT2D eigenvalue weighted by molar-refractivity contribution is 5.82. The first-order valence-corrected chi connectivity index (χ1v) is 10.6. The number of hydrogen-bond acceptors (Lipinski definition) is 2. The highest BCUT2D eigenvalue weighted by Gasteiger charge is 2.37. The Morgan fingerprint density at radius 1 is 0.857 bits per heavy atom. The molecule has 3 rings (SSSR count). The van der Waals surface area contributed by atoms with Gasteiger partial charge in [0.25, 0.3) is 0 Å².